The minimum atomic E-state index is 0.536. The molecule has 0 aliphatic heterocycles. The highest BCUT2D eigenvalue weighted by molar-refractivity contribution is 7.80. The molecule has 0 amide bonds. The first-order chi connectivity index (χ1) is 8.20. The van der Waals surface area contributed by atoms with Crippen LogP contribution in [0.15, 0.2) is 30.3 Å². The van der Waals surface area contributed by atoms with Crippen LogP contribution in [0.5, 0.6) is 5.75 Å². The molecule has 0 spiro atoms. The third-order valence-corrected chi connectivity index (χ3v) is 2.62. The van der Waals surface area contributed by atoms with E-state index < -0.39 is 0 Å². The fourth-order valence-electron chi connectivity index (χ4n) is 1.20. The summed E-state index contributed by atoms with van der Waals surface area (Å²) in [5.74, 6) is 0.914. The number of ether oxygens (including phenoxy) is 2. The highest BCUT2D eigenvalue weighted by atomic mass is 32.1. The summed E-state index contributed by atoms with van der Waals surface area (Å²) in [7, 11) is 3.75. The molecule has 0 aliphatic rings. The van der Waals surface area contributed by atoms with Gasteiger partial charge in [-0.25, -0.2) is 0 Å². The predicted octanol–water partition coefficient (Wildman–Crippen LogP) is 2.71. The van der Waals surface area contributed by atoms with Gasteiger partial charge in [-0.15, -0.1) is 0 Å². The lowest BCUT2D eigenvalue weighted by Gasteiger charge is -2.14. The summed E-state index contributed by atoms with van der Waals surface area (Å²) in [6.07, 6.45) is 1.91. The van der Waals surface area contributed by atoms with E-state index in [2.05, 4.69) is 0 Å². The number of unbranched alkanes of at least 4 members (excludes halogenated alkanes) is 1. The Labute approximate surface area is 108 Å². The van der Waals surface area contributed by atoms with E-state index in [1.807, 2.05) is 44.4 Å². The van der Waals surface area contributed by atoms with Gasteiger partial charge in [0, 0.05) is 14.1 Å². The van der Waals surface area contributed by atoms with E-state index in [1.165, 1.54) is 0 Å². The molecular weight excluding hydrogens is 234 g/mol. The van der Waals surface area contributed by atoms with Crippen molar-refractivity contribution in [1.29, 1.82) is 0 Å². The van der Waals surface area contributed by atoms with Crippen molar-refractivity contribution in [3.63, 3.8) is 0 Å². The van der Waals surface area contributed by atoms with Gasteiger partial charge in [-0.3, -0.25) is 0 Å². The van der Waals surface area contributed by atoms with Gasteiger partial charge in [-0.2, -0.15) is 0 Å². The van der Waals surface area contributed by atoms with Crippen LogP contribution in [-0.2, 0) is 4.74 Å². The maximum absolute atomic E-state index is 5.56. The van der Waals surface area contributed by atoms with Crippen LogP contribution in [0, 0.1) is 0 Å². The number of hydrogen-bond acceptors (Lipinski definition) is 3. The Morgan fingerprint density at radius 2 is 1.76 bits per heavy atom. The Morgan fingerprint density at radius 3 is 2.41 bits per heavy atom. The Balaban J connectivity index is 2.00. The molecule has 1 rings (SSSR count). The van der Waals surface area contributed by atoms with Crippen molar-refractivity contribution in [2.45, 2.75) is 12.8 Å². The zero-order valence-electron chi connectivity index (χ0n) is 10.4. The summed E-state index contributed by atoms with van der Waals surface area (Å²) < 4.78 is 10.9. The van der Waals surface area contributed by atoms with Gasteiger partial charge < -0.3 is 14.4 Å². The smallest absolute Gasteiger partial charge is 0.258 e. The van der Waals surface area contributed by atoms with Crippen LogP contribution in [0.4, 0.5) is 0 Å². The van der Waals surface area contributed by atoms with E-state index in [4.69, 9.17) is 21.7 Å². The van der Waals surface area contributed by atoms with Gasteiger partial charge in [0.15, 0.2) is 0 Å². The number of nitrogens with zero attached hydrogens (tertiary/aromatic N) is 1. The van der Waals surface area contributed by atoms with Gasteiger partial charge in [-0.05, 0) is 37.2 Å². The lowest BCUT2D eigenvalue weighted by Crippen LogP contribution is -2.22. The lowest BCUT2D eigenvalue weighted by atomic mass is 10.3. The van der Waals surface area contributed by atoms with Crippen molar-refractivity contribution in [1.82, 2.24) is 4.90 Å². The van der Waals surface area contributed by atoms with Gasteiger partial charge in [-0.1, -0.05) is 18.2 Å². The Kier molecular flexibility index (Phi) is 6.40. The van der Waals surface area contributed by atoms with E-state index in [0.29, 0.717) is 18.4 Å². The number of hydrogen-bond donors (Lipinski definition) is 0. The topological polar surface area (TPSA) is 21.7 Å². The molecular formula is C13H19NO2S. The molecule has 94 valence electrons. The highest BCUT2D eigenvalue weighted by Gasteiger charge is 1.98. The Bertz CT molecular complexity index is 327. The second kappa shape index (κ2) is 7.90. The molecule has 0 heterocycles. The summed E-state index contributed by atoms with van der Waals surface area (Å²) in [4.78, 5) is 1.79. The van der Waals surface area contributed by atoms with Crippen molar-refractivity contribution in [3.05, 3.63) is 30.3 Å². The van der Waals surface area contributed by atoms with Gasteiger partial charge in [0.25, 0.3) is 5.17 Å². The largest absolute Gasteiger partial charge is 0.494 e. The minimum absolute atomic E-state index is 0.536. The van der Waals surface area contributed by atoms with Crippen molar-refractivity contribution in [2.24, 2.45) is 0 Å². The molecule has 0 saturated carbocycles. The van der Waals surface area contributed by atoms with Gasteiger partial charge >= 0.3 is 0 Å². The number of thiocarbonyl (C=S) groups is 1. The molecule has 0 fully saturated rings. The fourth-order valence-corrected chi connectivity index (χ4v) is 1.28. The zero-order valence-corrected chi connectivity index (χ0v) is 11.2. The molecule has 0 aliphatic carbocycles. The van der Waals surface area contributed by atoms with Crippen LogP contribution in [0.2, 0.25) is 0 Å². The molecule has 17 heavy (non-hydrogen) atoms. The summed E-state index contributed by atoms with van der Waals surface area (Å²) in [5.41, 5.74) is 0. The van der Waals surface area contributed by atoms with Gasteiger partial charge in [0.1, 0.15) is 5.75 Å². The first-order valence-corrected chi connectivity index (χ1v) is 6.13. The van der Waals surface area contributed by atoms with E-state index in [9.17, 15) is 0 Å². The van der Waals surface area contributed by atoms with E-state index in [1.54, 1.807) is 4.90 Å². The maximum Gasteiger partial charge on any atom is 0.258 e. The highest BCUT2D eigenvalue weighted by Crippen LogP contribution is 2.08. The van der Waals surface area contributed by atoms with Crippen LogP contribution in [0.25, 0.3) is 0 Å². The third kappa shape index (κ3) is 6.12. The molecule has 0 N–H and O–H groups in total. The monoisotopic (exact) mass is 253 g/mol. The van der Waals surface area contributed by atoms with E-state index >= 15 is 0 Å². The van der Waals surface area contributed by atoms with Crippen molar-refractivity contribution in [3.8, 4) is 5.75 Å². The van der Waals surface area contributed by atoms with Gasteiger partial charge in [0.2, 0.25) is 0 Å². The average molecular weight is 253 g/mol. The SMILES string of the molecule is CN(C)C(=S)OCCCCOc1ccccc1. The first-order valence-electron chi connectivity index (χ1n) is 5.72. The Morgan fingerprint density at radius 1 is 1.12 bits per heavy atom. The van der Waals surface area contributed by atoms with Crippen molar-refractivity contribution >= 4 is 17.4 Å². The minimum Gasteiger partial charge on any atom is -0.494 e. The molecule has 0 bridgehead atoms. The number of benzene rings is 1. The molecule has 0 saturated heterocycles. The summed E-state index contributed by atoms with van der Waals surface area (Å²) in [6, 6.07) is 9.82. The summed E-state index contributed by atoms with van der Waals surface area (Å²) in [5, 5.41) is 0.536. The zero-order chi connectivity index (χ0) is 12.5. The van der Waals surface area contributed by atoms with Crippen LogP contribution < -0.4 is 4.74 Å². The molecule has 4 heteroatoms. The fraction of sp³-hybridized carbons (Fsp3) is 0.462. The number of para-hydroxylation sites is 1. The second-order valence-corrected chi connectivity index (χ2v) is 4.23. The number of rotatable bonds is 6. The molecule has 1 aromatic rings. The van der Waals surface area contributed by atoms with Crippen LogP contribution in [0.1, 0.15) is 12.8 Å². The maximum atomic E-state index is 5.56. The van der Waals surface area contributed by atoms with Crippen molar-refractivity contribution in [2.75, 3.05) is 27.3 Å². The summed E-state index contributed by atoms with van der Waals surface area (Å²) in [6.45, 7) is 1.36. The third-order valence-electron chi connectivity index (χ3n) is 2.14. The van der Waals surface area contributed by atoms with Gasteiger partial charge in [0.05, 0.1) is 13.2 Å². The summed E-state index contributed by atoms with van der Waals surface area (Å²) >= 11 is 5.00. The average Bonchev–Trinajstić information content (AvgIpc) is 2.34. The quantitative estimate of drug-likeness (QED) is 0.574. The van der Waals surface area contributed by atoms with Crippen molar-refractivity contribution < 1.29 is 9.47 Å². The van der Waals surface area contributed by atoms with E-state index in [-0.39, 0.29) is 0 Å². The van der Waals surface area contributed by atoms with Crippen LogP contribution in [-0.4, -0.2) is 37.4 Å². The Hall–Kier alpha value is -1.29. The van der Waals surface area contributed by atoms with Crippen LogP contribution >= 0.6 is 12.2 Å². The predicted molar refractivity (Wildman–Crippen MR) is 73.4 cm³/mol. The standard InChI is InChI=1S/C13H19NO2S/c1-14(2)13(17)16-11-7-6-10-15-12-8-4-3-5-9-12/h3-5,8-9H,6-7,10-11H2,1-2H3. The molecule has 0 unspecified atom stereocenters. The first kappa shape index (κ1) is 13.8. The van der Waals surface area contributed by atoms with E-state index in [0.717, 1.165) is 18.6 Å². The molecule has 0 radical (unpaired) electrons. The normalized spacial score (nSPS) is 9.76. The molecule has 0 atom stereocenters. The molecule has 0 aromatic heterocycles. The lowest BCUT2D eigenvalue weighted by molar-refractivity contribution is 0.241. The molecule has 3 nitrogen and oxygen atoms in total. The molecule has 1 aromatic carbocycles. The van der Waals surface area contributed by atoms with Crippen LogP contribution in [0.3, 0.4) is 0 Å². The second-order valence-electron chi connectivity index (χ2n) is 3.88.